The summed E-state index contributed by atoms with van der Waals surface area (Å²) in [6.45, 7) is 7.83. The van der Waals surface area contributed by atoms with Gasteiger partial charge in [-0.25, -0.2) is 0 Å². The van der Waals surface area contributed by atoms with Crippen molar-refractivity contribution in [2.45, 2.75) is 40.2 Å². The lowest BCUT2D eigenvalue weighted by Gasteiger charge is -2.13. The summed E-state index contributed by atoms with van der Waals surface area (Å²) in [5.41, 5.74) is 6.53. The molecule has 0 aromatic rings. The molecule has 3 heteroatoms. The van der Waals surface area contributed by atoms with Crippen LogP contribution in [0.5, 0.6) is 0 Å². The first-order chi connectivity index (χ1) is 5.97. The molecule has 0 aliphatic rings. The Morgan fingerprint density at radius 2 is 2.08 bits per heavy atom. The molecule has 1 unspecified atom stereocenters. The van der Waals surface area contributed by atoms with Crippen molar-refractivity contribution in [1.82, 2.24) is 5.32 Å². The first-order valence-electron chi connectivity index (χ1n) is 4.66. The molecule has 3 nitrogen and oxygen atoms in total. The summed E-state index contributed by atoms with van der Waals surface area (Å²) in [6, 6.07) is -0.394. The maximum atomic E-state index is 11.4. The number of rotatable bonds is 4. The molecule has 0 aliphatic heterocycles. The molecule has 76 valence electrons. The van der Waals surface area contributed by atoms with Gasteiger partial charge in [0.1, 0.15) is 0 Å². The van der Waals surface area contributed by atoms with E-state index >= 15 is 0 Å². The van der Waals surface area contributed by atoms with E-state index in [-0.39, 0.29) is 5.91 Å². The number of carbonyl (C=O) groups is 1. The normalized spacial score (nSPS) is 14.5. The van der Waals surface area contributed by atoms with Crippen LogP contribution in [0.2, 0.25) is 0 Å². The summed E-state index contributed by atoms with van der Waals surface area (Å²) < 4.78 is 0. The number of hydrogen-bond donors (Lipinski definition) is 2. The first-order valence-corrected chi connectivity index (χ1v) is 4.66. The molecule has 1 amide bonds. The molecule has 0 aliphatic carbocycles. The van der Waals surface area contributed by atoms with Crippen LogP contribution in [-0.4, -0.2) is 11.9 Å². The fourth-order valence-electron chi connectivity index (χ4n) is 0.974. The molecular weight excluding hydrogens is 164 g/mol. The van der Waals surface area contributed by atoms with Crippen LogP contribution in [0.1, 0.15) is 34.1 Å². The summed E-state index contributed by atoms with van der Waals surface area (Å²) in [5.74, 6) is 0.357. The molecule has 0 saturated heterocycles. The van der Waals surface area contributed by atoms with E-state index in [2.05, 4.69) is 19.2 Å². The van der Waals surface area contributed by atoms with Gasteiger partial charge in [0.05, 0.1) is 6.04 Å². The van der Waals surface area contributed by atoms with E-state index in [1.54, 1.807) is 0 Å². The molecule has 0 saturated carbocycles. The molecule has 1 atom stereocenters. The quantitative estimate of drug-likeness (QED) is 0.694. The summed E-state index contributed by atoms with van der Waals surface area (Å²) in [6.07, 6.45) is 2.57. The minimum Gasteiger partial charge on any atom is -0.329 e. The summed E-state index contributed by atoms with van der Waals surface area (Å²) in [5, 5.41) is 2.73. The zero-order valence-corrected chi connectivity index (χ0v) is 8.92. The average molecular weight is 184 g/mol. The van der Waals surface area contributed by atoms with Crippen LogP contribution in [0.3, 0.4) is 0 Å². The molecule has 0 radical (unpaired) electrons. The Balaban J connectivity index is 3.97. The minimum absolute atomic E-state index is 0.0932. The Kier molecular flexibility index (Phi) is 5.39. The van der Waals surface area contributed by atoms with Gasteiger partial charge in [-0.05, 0) is 26.2 Å². The van der Waals surface area contributed by atoms with E-state index in [0.717, 1.165) is 12.1 Å². The molecule has 3 N–H and O–H groups in total. The molecule has 0 bridgehead atoms. The van der Waals surface area contributed by atoms with E-state index in [1.807, 2.05) is 19.9 Å². The van der Waals surface area contributed by atoms with Gasteiger partial charge in [-0.15, -0.1) is 0 Å². The summed E-state index contributed by atoms with van der Waals surface area (Å²) >= 11 is 0. The molecule has 13 heavy (non-hydrogen) atoms. The van der Waals surface area contributed by atoms with Gasteiger partial charge in [-0.3, -0.25) is 4.79 Å². The minimum atomic E-state index is -0.394. The highest BCUT2D eigenvalue weighted by atomic mass is 16.2. The number of amides is 1. The molecule has 0 aromatic heterocycles. The number of nitrogens with one attached hydrogen (secondary N) is 1. The number of allylic oxidation sites excluding steroid dienone is 2. The van der Waals surface area contributed by atoms with Gasteiger partial charge in [0.15, 0.2) is 0 Å². The van der Waals surface area contributed by atoms with Crippen molar-refractivity contribution in [2.75, 3.05) is 0 Å². The standard InChI is InChI=1S/C10H20N2O/c1-5-8(4)12-10(13)9(11)6-7(2)3/h5,7,9H,6,11H2,1-4H3,(H,12,13)/b8-5+. The zero-order valence-electron chi connectivity index (χ0n) is 8.92. The van der Waals surface area contributed by atoms with Crippen LogP contribution in [0.4, 0.5) is 0 Å². The van der Waals surface area contributed by atoms with Gasteiger partial charge in [0.2, 0.25) is 5.91 Å². The largest absolute Gasteiger partial charge is 0.329 e. The van der Waals surface area contributed by atoms with Gasteiger partial charge in [-0.1, -0.05) is 19.9 Å². The van der Waals surface area contributed by atoms with Gasteiger partial charge in [0, 0.05) is 5.70 Å². The highest BCUT2D eigenvalue weighted by Gasteiger charge is 2.14. The fraction of sp³-hybridized carbons (Fsp3) is 0.700. The van der Waals surface area contributed by atoms with E-state index in [0.29, 0.717) is 5.92 Å². The van der Waals surface area contributed by atoms with Crippen LogP contribution in [0.25, 0.3) is 0 Å². The summed E-state index contributed by atoms with van der Waals surface area (Å²) in [4.78, 5) is 11.4. The second-order valence-electron chi connectivity index (χ2n) is 3.70. The van der Waals surface area contributed by atoms with Crippen molar-refractivity contribution >= 4 is 5.91 Å². The Bertz CT molecular complexity index is 197. The molecule has 0 rings (SSSR count). The maximum absolute atomic E-state index is 11.4. The topological polar surface area (TPSA) is 55.1 Å². The molecule has 0 aromatic carbocycles. The van der Waals surface area contributed by atoms with Gasteiger partial charge in [-0.2, -0.15) is 0 Å². The Hall–Kier alpha value is -0.830. The molecule has 0 spiro atoms. The number of carbonyl (C=O) groups excluding carboxylic acids is 1. The van der Waals surface area contributed by atoms with Crippen LogP contribution >= 0.6 is 0 Å². The molecular formula is C10H20N2O. The van der Waals surface area contributed by atoms with E-state index in [1.165, 1.54) is 0 Å². The van der Waals surface area contributed by atoms with E-state index in [9.17, 15) is 4.79 Å². The van der Waals surface area contributed by atoms with Crippen molar-refractivity contribution < 1.29 is 4.79 Å². The van der Waals surface area contributed by atoms with Crippen LogP contribution in [0.15, 0.2) is 11.8 Å². The molecule has 0 heterocycles. The predicted molar refractivity (Wildman–Crippen MR) is 55.0 cm³/mol. The summed E-state index contributed by atoms with van der Waals surface area (Å²) in [7, 11) is 0. The van der Waals surface area contributed by atoms with Gasteiger partial charge < -0.3 is 11.1 Å². The molecule has 0 fully saturated rings. The number of hydrogen-bond acceptors (Lipinski definition) is 2. The smallest absolute Gasteiger partial charge is 0.241 e. The second kappa shape index (κ2) is 5.75. The Labute approximate surface area is 80.4 Å². The van der Waals surface area contributed by atoms with Crippen molar-refractivity contribution in [3.8, 4) is 0 Å². The lowest BCUT2D eigenvalue weighted by atomic mass is 10.0. The fourth-order valence-corrected chi connectivity index (χ4v) is 0.974. The van der Waals surface area contributed by atoms with Gasteiger partial charge >= 0.3 is 0 Å². The third-order valence-corrected chi connectivity index (χ3v) is 1.82. The van der Waals surface area contributed by atoms with Crippen LogP contribution in [-0.2, 0) is 4.79 Å². The monoisotopic (exact) mass is 184 g/mol. The highest BCUT2D eigenvalue weighted by Crippen LogP contribution is 2.02. The van der Waals surface area contributed by atoms with Crippen LogP contribution < -0.4 is 11.1 Å². The lowest BCUT2D eigenvalue weighted by Crippen LogP contribution is -2.40. The SMILES string of the molecule is C/C=C(\C)NC(=O)C(N)CC(C)C. The van der Waals surface area contributed by atoms with Crippen molar-refractivity contribution in [3.05, 3.63) is 11.8 Å². The third-order valence-electron chi connectivity index (χ3n) is 1.82. The van der Waals surface area contributed by atoms with Crippen molar-refractivity contribution in [3.63, 3.8) is 0 Å². The second-order valence-corrected chi connectivity index (χ2v) is 3.70. The first kappa shape index (κ1) is 12.2. The van der Waals surface area contributed by atoms with Crippen molar-refractivity contribution in [2.24, 2.45) is 11.7 Å². The van der Waals surface area contributed by atoms with Crippen LogP contribution in [0, 0.1) is 5.92 Å². The van der Waals surface area contributed by atoms with E-state index in [4.69, 9.17) is 5.73 Å². The predicted octanol–water partition coefficient (Wildman–Crippen LogP) is 1.40. The third kappa shape index (κ3) is 5.42. The number of nitrogens with two attached hydrogens (primary N) is 1. The average Bonchev–Trinajstić information content (AvgIpc) is 2.02. The van der Waals surface area contributed by atoms with E-state index < -0.39 is 6.04 Å². The lowest BCUT2D eigenvalue weighted by molar-refractivity contribution is -0.121. The van der Waals surface area contributed by atoms with Crippen molar-refractivity contribution in [1.29, 1.82) is 0 Å². The Morgan fingerprint density at radius 3 is 2.46 bits per heavy atom. The maximum Gasteiger partial charge on any atom is 0.241 e. The zero-order chi connectivity index (χ0) is 10.4. The highest BCUT2D eigenvalue weighted by molar-refractivity contribution is 5.82. The Morgan fingerprint density at radius 1 is 1.54 bits per heavy atom. The van der Waals surface area contributed by atoms with Gasteiger partial charge in [0.25, 0.3) is 0 Å².